The fourth-order valence-corrected chi connectivity index (χ4v) is 1.97. The SMILES string of the molecule is CC(C)(C)c1ccc(O[C@H]2CCOC2)c(C#N)c1. The summed E-state index contributed by atoms with van der Waals surface area (Å²) < 4.78 is 11.1. The Labute approximate surface area is 108 Å². The van der Waals surface area contributed by atoms with Crippen LogP contribution in [0.3, 0.4) is 0 Å². The average Bonchev–Trinajstić information content (AvgIpc) is 2.81. The number of benzene rings is 1. The standard InChI is InChI=1S/C15H19NO2/c1-15(2,3)12-4-5-14(11(8-12)9-16)18-13-6-7-17-10-13/h4-5,8,13H,6-7,10H2,1-3H3/t13-/m0/s1. The lowest BCUT2D eigenvalue weighted by atomic mass is 9.86. The molecule has 1 aliphatic heterocycles. The number of nitriles is 1. The lowest BCUT2D eigenvalue weighted by Gasteiger charge is -2.20. The fourth-order valence-electron chi connectivity index (χ4n) is 1.97. The van der Waals surface area contributed by atoms with Gasteiger partial charge >= 0.3 is 0 Å². The minimum absolute atomic E-state index is 0.0423. The van der Waals surface area contributed by atoms with Gasteiger partial charge in [-0.25, -0.2) is 0 Å². The van der Waals surface area contributed by atoms with Gasteiger partial charge in [0.2, 0.25) is 0 Å². The van der Waals surface area contributed by atoms with E-state index >= 15 is 0 Å². The van der Waals surface area contributed by atoms with Crippen LogP contribution in [0.2, 0.25) is 0 Å². The molecule has 1 atom stereocenters. The van der Waals surface area contributed by atoms with Crippen LogP contribution >= 0.6 is 0 Å². The third-order valence-electron chi connectivity index (χ3n) is 3.15. The molecular weight excluding hydrogens is 226 g/mol. The van der Waals surface area contributed by atoms with Crippen LogP contribution < -0.4 is 4.74 Å². The lowest BCUT2D eigenvalue weighted by Crippen LogP contribution is -2.17. The Morgan fingerprint density at radius 3 is 2.72 bits per heavy atom. The van der Waals surface area contributed by atoms with Crippen molar-refractivity contribution in [1.82, 2.24) is 0 Å². The molecule has 1 aromatic rings. The zero-order chi connectivity index (χ0) is 13.2. The summed E-state index contributed by atoms with van der Waals surface area (Å²) in [6, 6.07) is 8.07. The smallest absolute Gasteiger partial charge is 0.137 e. The van der Waals surface area contributed by atoms with Gasteiger partial charge in [-0.2, -0.15) is 5.26 Å². The van der Waals surface area contributed by atoms with Crippen molar-refractivity contribution in [3.63, 3.8) is 0 Å². The molecule has 1 aromatic carbocycles. The van der Waals surface area contributed by atoms with Crippen LogP contribution in [-0.2, 0) is 10.2 Å². The molecule has 0 N–H and O–H groups in total. The van der Waals surface area contributed by atoms with E-state index in [1.54, 1.807) is 0 Å². The van der Waals surface area contributed by atoms with Crippen LogP contribution in [0.4, 0.5) is 0 Å². The highest BCUT2D eigenvalue weighted by Gasteiger charge is 2.20. The Kier molecular flexibility index (Phi) is 3.58. The van der Waals surface area contributed by atoms with E-state index < -0.39 is 0 Å². The molecule has 0 saturated carbocycles. The van der Waals surface area contributed by atoms with Crippen molar-refractivity contribution in [3.8, 4) is 11.8 Å². The number of rotatable bonds is 2. The van der Waals surface area contributed by atoms with Gasteiger partial charge in [0.1, 0.15) is 17.9 Å². The molecule has 0 spiro atoms. The number of hydrogen-bond donors (Lipinski definition) is 0. The summed E-state index contributed by atoms with van der Waals surface area (Å²) in [5.74, 6) is 0.668. The van der Waals surface area contributed by atoms with Crippen molar-refractivity contribution in [3.05, 3.63) is 29.3 Å². The van der Waals surface area contributed by atoms with Crippen LogP contribution in [0.25, 0.3) is 0 Å². The molecule has 0 bridgehead atoms. The van der Waals surface area contributed by atoms with E-state index in [0.29, 0.717) is 17.9 Å². The normalized spacial score (nSPS) is 19.6. The van der Waals surface area contributed by atoms with Gasteiger partial charge in [0.25, 0.3) is 0 Å². The predicted molar refractivity (Wildman–Crippen MR) is 69.7 cm³/mol. The minimum atomic E-state index is 0.0423. The van der Waals surface area contributed by atoms with Crippen molar-refractivity contribution in [1.29, 1.82) is 5.26 Å². The minimum Gasteiger partial charge on any atom is -0.487 e. The molecule has 0 aromatic heterocycles. The largest absolute Gasteiger partial charge is 0.487 e. The first-order valence-electron chi connectivity index (χ1n) is 6.30. The van der Waals surface area contributed by atoms with E-state index in [9.17, 15) is 5.26 Å². The first kappa shape index (κ1) is 12.9. The second-order valence-corrected chi connectivity index (χ2v) is 5.68. The number of hydrogen-bond acceptors (Lipinski definition) is 3. The van der Waals surface area contributed by atoms with Crippen molar-refractivity contribution < 1.29 is 9.47 Å². The van der Waals surface area contributed by atoms with E-state index in [4.69, 9.17) is 9.47 Å². The average molecular weight is 245 g/mol. The van der Waals surface area contributed by atoms with Gasteiger partial charge in [0.15, 0.2) is 0 Å². The highest BCUT2D eigenvalue weighted by Crippen LogP contribution is 2.28. The zero-order valence-electron chi connectivity index (χ0n) is 11.2. The summed E-state index contributed by atoms with van der Waals surface area (Å²) in [7, 11) is 0. The van der Waals surface area contributed by atoms with Gasteiger partial charge < -0.3 is 9.47 Å². The molecule has 0 amide bonds. The van der Waals surface area contributed by atoms with Gasteiger partial charge in [-0.1, -0.05) is 26.8 Å². The van der Waals surface area contributed by atoms with Crippen LogP contribution in [0.1, 0.15) is 38.3 Å². The molecular formula is C15H19NO2. The molecule has 1 heterocycles. The highest BCUT2D eigenvalue weighted by molar-refractivity contribution is 5.47. The van der Waals surface area contributed by atoms with Crippen molar-refractivity contribution in [2.45, 2.75) is 38.7 Å². The molecule has 3 heteroatoms. The van der Waals surface area contributed by atoms with E-state index in [1.165, 1.54) is 0 Å². The van der Waals surface area contributed by atoms with E-state index in [2.05, 4.69) is 26.8 Å². The van der Waals surface area contributed by atoms with Crippen LogP contribution in [-0.4, -0.2) is 19.3 Å². The topological polar surface area (TPSA) is 42.2 Å². The Bertz CT molecular complexity index is 462. The molecule has 18 heavy (non-hydrogen) atoms. The number of ether oxygens (including phenoxy) is 2. The van der Waals surface area contributed by atoms with Gasteiger partial charge in [-0.05, 0) is 23.1 Å². The van der Waals surface area contributed by atoms with Gasteiger partial charge in [-0.3, -0.25) is 0 Å². The maximum atomic E-state index is 9.22. The van der Waals surface area contributed by atoms with Gasteiger partial charge in [-0.15, -0.1) is 0 Å². The second-order valence-electron chi connectivity index (χ2n) is 5.68. The molecule has 1 saturated heterocycles. The first-order chi connectivity index (χ1) is 8.50. The molecule has 3 nitrogen and oxygen atoms in total. The maximum Gasteiger partial charge on any atom is 0.137 e. The van der Waals surface area contributed by atoms with E-state index in [1.807, 2.05) is 18.2 Å². The monoisotopic (exact) mass is 245 g/mol. The van der Waals surface area contributed by atoms with Gasteiger partial charge in [0, 0.05) is 6.42 Å². The van der Waals surface area contributed by atoms with Crippen molar-refractivity contribution >= 4 is 0 Å². The first-order valence-corrected chi connectivity index (χ1v) is 6.30. The quantitative estimate of drug-likeness (QED) is 0.804. The summed E-state index contributed by atoms with van der Waals surface area (Å²) >= 11 is 0. The Balaban J connectivity index is 2.23. The van der Waals surface area contributed by atoms with Crippen molar-refractivity contribution in [2.24, 2.45) is 0 Å². The summed E-state index contributed by atoms with van der Waals surface area (Å²) in [4.78, 5) is 0. The highest BCUT2D eigenvalue weighted by atomic mass is 16.5. The van der Waals surface area contributed by atoms with Crippen LogP contribution in [0.15, 0.2) is 18.2 Å². The van der Waals surface area contributed by atoms with Gasteiger partial charge in [0.05, 0.1) is 18.8 Å². The Morgan fingerprint density at radius 2 is 2.17 bits per heavy atom. The van der Waals surface area contributed by atoms with E-state index in [-0.39, 0.29) is 11.5 Å². The fraction of sp³-hybridized carbons (Fsp3) is 0.533. The maximum absolute atomic E-state index is 9.22. The molecule has 2 rings (SSSR count). The number of nitrogens with zero attached hydrogens (tertiary/aromatic N) is 1. The zero-order valence-corrected chi connectivity index (χ0v) is 11.2. The molecule has 0 radical (unpaired) electrons. The molecule has 96 valence electrons. The predicted octanol–water partition coefficient (Wildman–Crippen LogP) is 3.02. The van der Waals surface area contributed by atoms with Crippen molar-refractivity contribution in [2.75, 3.05) is 13.2 Å². The second kappa shape index (κ2) is 4.99. The Morgan fingerprint density at radius 1 is 1.39 bits per heavy atom. The summed E-state index contributed by atoms with van der Waals surface area (Å²) in [6.07, 6.45) is 0.976. The third-order valence-corrected chi connectivity index (χ3v) is 3.15. The molecule has 0 aliphatic carbocycles. The van der Waals surface area contributed by atoms with Crippen LogP contribution in [0.5, 0.6) is 5.75 Å². The Hall–Kier alpha value is -1.53. The van der Waals surface area contributed by atoms with E-state index in [0.717, 1.165) is 18.6 Å². The lowest BCUT2D eigenvalue weighted by molar-refractivity contribution is 0.141. The summed E-state index contributed by atoms with van der Waals surface area (Å²) in [5, 5.41) is 9.22. The summed E-state index contributed by atoms with van der Waals surface area (Å²) in [6.45, 7) is 7.76. The summed E-state index contributed by atoms with van der Waals surface area (Å²) in [5.41, 5.74) is 1.80. The third kappa shape index (κ3) is 2.83. The molecule has 0 unspecified atom stereocenters. The van der Waals surface area contributed by atoms with Crippen LogP contribution in [0, 0.1) is 11.3 Å². The molecule has 1 fully saturated rings. The molecule has 1 aliphatic rings.